The molecule has 1 rings (SSSR count). The summed E-state index contributed by atoms with van der Waals surface area (Å²) in [5.41, 5.74) is 0.238. The zero-order chi connectivity index (χ0) is 5.49. The van der Waals surface area contributed by atoms with Gasteiger partial charge in [0.15, 0.2) is 0 Å². The molecule has 0 amide bonds. The molecule has 1 saturated carbocycles. The molecule has 0 radical (unpaired) electrons. The van der Waals surface area contributed by atoms with Crippen LogP contribution >= 0.6 is 0 Å². The van der Waals surface area contributed by atoms with Crippen molar-refractivity contribution in [2.45, 2.75) is 26.3 Å². The predicted octanol–water partition coefficient (Wildman–Crippen LogP) is 1.55. The third-order valence-electron chi connectivity index (χ3n) is 1.59. The summed E-state index contributed by atoms with van der Waals surface area (Å²) in [5.74, 6) is 0. The zero-order valence-electron chi connectivity index (χ0n) is 4.64. The number of hydrogen-bond acceptors (Lipinski definition) is 2. The van der Waals surface area contributed by atoms with Crippen LogP contribution in [0.25, 0.3) is 0 Å². The maximum Gasteiger partial charge on any atom is 0.0977 e. The maximum absolute atomic E-state index is 9.73. The van der Waals surface area contributed by atoms with Gasteiger partial charge in [-0.05, 0) is 11.8 Å². The van der Waals surface area contributed by atoms with Gasteiger partial charge in [0.1, 0.15) is 0 Å². The first kappa shape index (κ1) is 4.75. The van der Waals surface area contributed by atoms with Crippen LogP contribution in [0.3, 0.4) is 0 Å². The van der Waals surface area contributed by atoms with Gasteiger partial charge >= 0.3 is 0 Å². The molecule has 1 aliphatic carbocycles. The van der Waals surface area contributed by atoms with Crippen molar-refractivity contribution >= 4 is 0 Å². The van der Waals surface area contributed by atoms with Crippen molar-refractivity contribution in [1.82, 2.24) is 0 Å². The molecule has 0 N–H and O–H groups in total. The Morgan fingerprint density at radius 2 is 2.14 bits per heavy atom. The molecule has 1 aliphatic rings. The molecule has 1 unspecified atom stereocenters. The molecule has 2 heteroatoms. The van der Waals surface area contributed by atoms with Crippen molar-refractivity contribution < 1.29 is 0 Å². The molecule has 0 heterocycles. The van der Waals surface area contributed by atoms with Gasteiger partial charge in [0.05, 0.1) is 6.04 Å². The second kappa shape index (κ2) is 1.05. The smallest absolute Gasteiger partial charge is 0.0977 e. The van der Waals surface area contributed by atoms with Crippen LogP contribution in [-0.4, -0.2) is 6.04 Å². The lowest BCUT2D eigenvalue weighted by Crippen LogP contribution is -1.88. The molecular weight excluding hydrogens is 90.1 g/mol. The van der Waals surface area contributed by atoms with E-state index in [1.54, 1.807) is 0 Å². The Bertz CT molecular complexity index is 98.3. The standard InChI is InChI=1S/C5H9NO/c1-5(2)3-4(5)6-7/h4H,3H2,1-2H3. The Morgan fingerprint density at radius 1 is 1.71 bits per heavy atom. The topological polar surface area (TPSA) is 29.4 Å². The van der Waals surface area contributed by atoms with E-state index >= 15 is 0 Å². The molecule has 0 aromatic heterocycles. The zero-order valence-corrected chi connectivity index (χ0v) is 4.64. The van der Waals surface area contributed by atoms with Gasteiger partial charge in [-0.2, -0.15) is 4.91 Å². The summed E-state index contributed by atoms with van der Waals surface area (Å²) in [6.45, 7) is 4.11. The molecule has 1 atom stereocenters. The summed E-state index contributed by atoms with van der Waals surface area (Å²) < 4.78 is 0. The second-order valence-corrected chi connectivity index (χ2v) is 2.81. The molecule has 40 valence electrons. The minimum atomic E-state index is 0.118. The molecule has 0 spiro atoms. The van der Waals surface area contributed by atoms with Crippen molar-refractivity contribution in [3.63, 3.8) is 0 Å². The summed E-state index contributed by atoms with van der Waals surface area (Å²) in [6.07, 6.45) is 0.983. The van der Waals surface area contributed by atoms with Gasteiger partial charge in [0, 0.05) is 0 Å². The molecule has 0 bridgehead atoms. The lowest BCUT2D eigenvalue weighted by Gasteiger charge is -1.90. The summed E-state index contributed by atoms with van der Waals surface area (Å²) in [5, 5.41) is 2.90. The first-order chi connectivity index (χ1) is 3.17. The van der Waals surface area contributed by atoms with E-state index in [1.807, 2.05) is 0 Å². The summed E-state index contributed by atoms with van der Waals surface area (Å²) in [4.78, 5) is 9.73. The normalized spacial score (nSPS) is 34.9. The minimum absolute atomic E-state index is 0.118. The van der Waals surface area contributed by atoms with Gasteiger partial charge in [-0.25, -0.2) is 0 Å². The van der Waals surface area contributed by atoms with E-state index in [4.69, 9.17) is 0 Å². The highest BCUT2D eigenvalue weighted by molar-refractivity contribution is 5.00. The van der Waals surface area contributed by atoms with Gasteiger partial charge in [0.25, 0.3) is 0 Å². The molecule has 1 fully saturated rings. The molecule has 0 aliphatic heterocycles. The first-order valence-corrected chi connectivity index (χ1v) is 2.49. The summed E-state index contributed by atoms with van der Waals surface area (Å²) >= 11 is 0. The average Bonchev–Trinajstić information content (AvgIpc) is 2.13. The van der Waals surface area contributed by atoms with E-state index in [-0.39, 0.29) is 11.5 Å². The quantitative estimate of drug-likeness (QED) is 0.458. The third-order valence-corrected chi connectivity index (χ3v) is 1.59. The van der Waals surface area contributed by atoms with E-state index in [1.165, 1.54) is 0 Å². The van der Waals surface area contributed by atoms with Crippen LogP contribution in [0.1, 0.15) is 20.3 Å². The van der Waals surface area contributed by atoms with Crippen molar-refractivity contribution in [3.8, 4) is 0 Å². The highest BCUT2D eigenvalue weighted by atomic mass is 16.3. The van der Waals surface area contributed by atoms with Crippen LogP contribution in [-0.2, 0) is 0 Å². The fourth-order valence-electron chi connectivity index (χ4n) is 0.619. The summed E-state index contributed by atoms with van der Waals surface area (Å²) in [7, 11) is 0. The Kier molecular flexibility index (Phi) is 0.716. The van der Waals surface area contributed by atoms with Crippen LogP contribution in [0.2, 0.25) is 0 Å². The molecule has 0 saturated heterocycles. The van der Waals surface area contributed by atoms with E-state index in [2.05, 4.69) is 19.0 Å². The molecule has 0 aromatic carbocycles. The van der Waals surface area contributed by atoms with Crippen molar-refractivity contribution in [2.75, 3.05) is 0 Å². The average molecular weight is 99.1 g/mol. The second-order valence-electron chi connectivity index (χ2n) is 2.81. The maximum atomic E-state index is 9.73. The van der Waals surface area contributed by atoms with Crippen LogP contribution < -0.4 is 0 Å². The van der Waals surface area contributed by atoms with Crippen molar-refractivity contribution in [1.29, 1.82) is 0 Å². The molecule has 0 aromatic rings. The lowest BCUT2D eigenvalue weighted by atomic mass is 10.2. The monoisotopic (exact) mass is 99.1 g/mol. The van der Waals surface area contributed by atoms with Crippen LogP contribution in [0.5, 0.6) is 0 Å². The Labute approximate surface area is 42.9 Å². The molecule has 2 nitrogen and oxygen atoms in total. The highest BCUT2D eigenvalue weighted by Crippen LogP contribution is 2.46. The highest BCUT2D eigenvalue weighted by Gasteiger charge is 2.47. The Balaban J connectivity index is 2.44. The van der Waals surface area contributed by atoms with Gasteiger partial charge in [0.2, 0.25) is 0 Å². The van der Waals surface area contributed by atoms with Crippen LogP contribution in [0, 0.1) is 10.3 Å². The van der Waals surface area contributed by atoms with Crippen molar-refractivity contribution in [3.05, 3.63) is 4.91 Å². The Hall–Kier alpha value is -0.400. The number of nitrogens with zero attached hydrogens (tertiary/aromatic N) is 1. The van der Waals surface area contributed by atoms with E-state index in [0.29, 0.717) is 0 Å². The summed E-state index contributed by atoms with van der Waals surface area (Å²) in [6, 6.07) is 0.118. The fraction of sp³-hybridized carbons (Fsp3) is 1.00. The molecular formula is C5H9NO. The lowest BCUT2D eigenvalue weighted by molar-refractivity contribution is 0.617. The van der Waals surface area contributed by atoms with Gasteiger partial charge in [-0.3, -0.25) is 0 Å². The Morgan fingerprint density at radius 3 is 2.14 bits per heavy atom. The van der Waals surface area contributed by atoms with E-state index in [0.717, 1.165) is 6.42 Å². The fourth-order valence-corrected chi connectivity index (χ4v) is 0.619. The van der Waals surface area contributed by atoms with Crippen LogP contribution in [0.15, 0.2) is 5.18 Å². The third kappa shape index (κ3) is 0.646. The van der Waals surface area contributed by atoms with E-state index in [9.17, 15) is 4.91 Å². The SMILES string of the molecule is CC1(C)CC1N=O. The van der Waals surface area contributed by atoms with Gasteiger partial charge in [-0.1, -0.05) is 19.0 Å². The molecule has 7 heavy (non-hydrogen) atoms. The predicted molar refractivity (Wildman–Crippen MR) is 28.0 cm³/mol. The van der Waals surface area contributed by atoms with Gasteiger partial charge < -0.3 is 0 Å². The van der Waals surface area contributed by atoms with Crippen LogP contribution in [0.4, 0.5) is 0 Å². The number of rotatable bonds is 1. The minimum Gasteiger partial charge on any atom is -0.150 e. The number of nitroso groups, excluding NO2 is 1. The largest absolute Gasteiger partial charge is 0.150 e. The first-order valence-electron chi connectivity index (χ1n) is 2.49. The van der Waals surface area contributed by atoms with Crippen molar-refractivity contribution in [2.24, 2.45) is 10.6 Å². The van der Waals surface area contributed by atoms with E-state index < -0.39 is 0 Å². The van der Waals surface area contributed by atoms with Gasteiger partial charge in [-0.15, -0.1) is 0 Å². The number of hydrogen-bond donors (Lipinski definition) is 0.